The van der Waals surface area contributed by atoms with Crippen LogP contribution in [-0.2, 0) is 12.7 Å². The predicted octanol–water partition coefficient (Wildman–Crippen LogP) is 4.58. The van der Waals surface area contributed by atoms with Crippen molar-refractivity contribution in [3.63, 3.8) is 0 Å². The van der Waals surface area contributed by atoms with Gasteiger partial charge in [-0.15, -0.1) is 0 Å². The van der Waals surface area contributed by atoms with Gasteiger partial charge in [-0.05, 0) is 24.3 Å². The number of benzene rings is 1. The molecule has 0 unspecified atom stereocenters. The Labute approximate surface area is 125 Å². The average molecular weight is 365 g/mol. The number of nitrogens with one attached hydrogen (secondary N) is 1. The number of hydrogen-bond donors (Lipinski definition) is 1. The zero-order valence-electron chi connectivity index (χ0n) is 10.3. The normalized spacial score (nSPS) is 11.4. The maximum absolute atomic E-state index is 12.7. The zero-order chi connectivity index (χ0) is 15.6. The van der Waals surface area contributed by atoms with Crippen LogP contribution in [0.25, 0.3) is 0 Å². The topological polar surface area (TPSA) is 68.3 Å². The van der Waals surface area contributed by atoms with Crippen LogP contribution in [-0.4, -0.2) is 4.92 Å². The van der Waals surface area contributed by atoms with Crippen molar-refractivity contribution in [3.05, 3.63) is 56.2 Å². The minimum absolute atomic E-state index is 0.0345. The number of alkyl halides is 3. The molecule has 0 aliphatic rings. The standard InChI is InChI=1S/C12H8BrF3N2O3/c13-10-3-1-7(5-9(10)12(14,15)16)17-6-8-2-4-11(21-8)18(19)20/h1-5,17H,6H2. The molecule has 9 heteroatoms. The predicted molar refractivity (Wildman–Crippen MR) is 71.8 cm³/mol. The minimum atomic E-state index is -4.47. The quantitative estimate of drug-likeness (QED) is 0.636. The van der Waals surface area contributed by atoms with Gasteiger partial charge < -0.3 is 9.73 Å². The summed E-state index contributed by atoms with van der Waals surface area (Å²) in [6.45, 7) is 0.0345. The largest absolute Gasteiger partial charge is 0.433 e. The van der Waals surface area contributed by atoms with E-state index in [2.05, 4.69) is 21.2 Å². The molecule has 0 spiro atoms. The SMILES string of the molecule is O=[N+]([O-])c1ccc(CNc2ccc(Br)c(C(F)(F)F)c2)o1. The van der Waals surface area contributed by atoms with E-state index >= 15 is 0 Å². The summed E-state index contributed by atoms with van der Waals surface area (Å²) in [5.41, 5.74) is -0.581. The molecule has 1 heterocycles. The molecule has 112 valence electrons. The van der Waals surface area contributed by atoms with E-state index in [-0.39, 0.29) is 22.5 Å². The summed E-state index contributed by atoms with van der Waals surface area (Å²) in [5, 5.41) is 13.2. The Kier molecular flexibility index (Phi) is 4.21. The van der Waals surface area contributed by atoms with E-state index in [9.17, 15) is 23.3 Å². The molecule has 0 amide bonds. The molecule has 0 aliphatic carbocycles. The molecule has 1 aromatic heterocycles. The second-order valence-corrected chi connectivity index (χ2v) is 4.90. The molecular weight excluding hydrogens is 357 g/mol. The van der Waals surface area contributed by atoms with Crippen molar-refractivity contribution >= 4 is 27.5 Å². The minimum Gasteiger partial charge on any atom is -0.404 e. The molecule has 0 saturated carbocycles. The van der Waals surface area contributed by atoms with Gasteiger partial charge in [-0.25, -0.2) is 0 Å². The van der Waals surface area contributed by atoms with Crippen LogP contribution >= 0.6 is 15.9 Å². The number of rotatable bonds is 4. The first-order valence-corrected chi connectivity index (χ1v) is 6.40. The van der Waals surface area contributed by atoms with Crippen LogP contribution in [0.5, 0.6) is 0 Å². The number of nitro groups is 1. The molecule has 2 rings (SSSR count). The second-order valence-electron chi connectivity index (χ2n) is 4.04. The van der Waals surface area contributed by atoms with Crippen LogP contribution in [0.3, 0.4) is 0 Å². The van der Waals surface area contributed by atoms with Gasteiger partial charge in [0.2, 0.25) is 0 Å². The van der Waals surface area contributed by atoms with Crippen molar-refractivity contribution in [2.45, 2.75) is 12.7 Å². The highest BCUT2D eigenvalue weighted by Crippen LogP contribution is 2.36. The lowest BCUT2D eigenvalue weighted by atomic mass is 10.2. The van der Waals surface area contributed by atoms with Crippen molar-refractivity contribution in [1.82, 2.24) is 0 Å². The Hall–Kier alpha value is -2.03. The molecule has 21 heavy (non-hydrogen) atoms. The fourth-order valence-electron chi connectivity index (χ4n) is 1.60. The highest BCUT2D eigenvalue weighted by molar-refractivity contribution is 9.10. The van der Waals surface area contributed by atoms with Gasteiger partial charge in [-0.1, -0.05) is 15.9 Å². The Morgan fingerprint density at radius 3 is 2.57 bits per heavy atom. The Morgan fingerprint density at radius 2 is 2.00 bits per heavy atom. The maximum atomic E-state index is 12.7. The highest BCUT2D eigenvalue weighted by Gasteiger charge is 2.33. The first-order chi connectivity index (χ1) is 9.77. The smallest absolute Gasteiger partial charge is 0.404 e. The monoisotopic (exact) mass is 364 g/mol. The molecule has 1 aromatic carbocycles. The molecule has 1 N–H and O–H groups in total. The fourth-order valence-corrected chi connectivity index (χ4v) is 2.07. The van der Waals surface area contributed by atoms with Crippen molar-refractivity contribution in [2.24, 2.45) is 0 Å². The van der Waals surface area contributed by atoms with Crippen molar-refractivity contribution < 1.29 is 22.5 Å². The Balaban J connectivity index is 2.11. The summed E-state index contributed by atoms with van der Waals surface area (Å²) in [7, 11) is 0. The third kappa shape index (κ3) is 3.75. The summed E-state index contributed by atoms with van der Waals surface area (Å²) in [4.78, 5) is 9.75. The van der Waals surface area contributed by atoms with Crippen LogP contribution in [0.2, 0.25) is 0 Å². The van der Waals surface area contributed by atoms with Crippen molar-refractivity contribution in [2.75, 3.05) is 5.32 Å². The van der Waals surface area contributed by atoms with E-state index in [1.807, 2.05) is 0 Å². The zero-order valence-corrected chi connectivity index (χ0v) is 11.9. The number of anilines is 1. The highest BCUT2D eigenvalue weighted by atomic mass is 79.9. The lowest BCUT2D eigenvalue weighted by molar-refractivity contribution is -0.402. The van der Waals surface area contributed by atoms with E-state index in [0.717, 1.165) is 6.07 Å². The van der Waals surface area contributed by atoms with Gasteiger partial charge in [-0.3, -0.25) is 10.1 Å². The summed E-state index contributed by atoms with van der Waals surface area (Å²) in [5.74, 6) is -0.170. The molecule has 0 atom stereocenters. The number of furan rings is 1. The van der Waals surface area contributed by atoms with Crippen LogP contribution in [0.4, 0.5) is 24.7 Å². The van der Waals surface area contributed by atoms with Gasteiger partial charge in [-0.2, -0.15) is 13.2 Å². The van der Waals surface area contributed by atoms with Gasteiger partial charge >= 0.3 is 12.1 Å². The van der Waals surface area contributed by atoms with E-state index < -0.39 is 22.5 Å². The van der Waals surface area contributed by atoms with Crippen LogP contribution < -0.4 is 5.32 Å². The van der Waals surface area contributed by atoms with Gasteiger partial charge in [0.25, 0.3) is 0 Å². The summed E-state index contributed by atoms with van der Waals surface area (Å²) < 4.78 is 43.0. The molecule has 5 nitrogen and oxygen atoms in total. The van der Waals surface area contributed by atoms with Crippen LogP contribution in [0.15, 0.2) is 39.2 Å². The molecule has 0 radical (unpaired) electrons. The summed E-state index contributed by atoms with van der Waals surface area (Å²) in [6, 6.07) is 6.24. The first kappa shape index (κ1) is 15.4. The van der Waals surface area contributed by atoms with Crippen molar-refractivity contribution in [1.29, 1.82) is 0 Å². The molecule has 0 saturated heterocycles. The molecule has 0 bridgehead atoms. The second kappa shape index (κ2) is 5.76. The van der Waals surface area contributed by atoms with E-state index in [0.29, 0.717) is 0 Å². The first-order valence-electron chi connectivity index (χ1n) is 5.61. The van der Waals surface area contributed by atoms with Gasteiger partial charge in [0.15, 0.2) is 0 Å². The van der Waals surface area contributed by atoms with E-state index in [1.54, 1.807) is 0 Å². The van der Waals surface area contributed by atoms with Gasteiger partial charge in [0.1, 0.15) is 10.7 Å². The lowest BCUT2D eigenvalue weighted by Crippen LogP contribution is -2.07. The fraction of sp³-hybridized carbons (Fsp3) is 0.167. The van der Waals surface area contributed by atoms with E-state index in [4.69, 9.17) is 4.42 Å². The Morgan fingerprint density at radius 1 is 1.29 bits per heavy atom. The molecule has 0 fully saturated rings. The molecule has 2 aromatic rings. The number of halogens is 4. The number of hydrogen-bond acceptors (Lipinski definition) is 4. The number of nitrogens with zero attached hydrogens (tertiary/aromatic N) is 1. The maximum Gasteiger partial charge on any atom is 0.433 e. The van der Waals surface area contributed by atoms with Crippen LogP contribution in [0, 0.1) is 10.1 Å². The summed E-state index contributed by atoms with van der Waals surface area (Å²) in [6.07, 6.45) is -4.47. The van der Waals surface area contributed by atoms with E-state index in [1.165, 1.54) is 24.3 Å². The average Bonchev–Trinajstić information content (AvgIpc) is 2.85. The molecular formula is C12H8BrF3N2O3. The van der Waals surface area contributed by atoms with Gasteiger partial charge in [0, 0.05) is 10.2 Å². The Bertz CT molecular complexity index is 670. The van der Waals surface area contributed by atoms with Crippen LogP contribution in [0.1, 0.15) is 11.3 Å². The lowest BCUT2D eigenvalue weighted by Gasteiger charge is -2.11. The molecule has 0 aliphatic heterocycles. The van der Waals surface area contributed by atoms with Crippen molar-refractivity contribution in [3.8, 4) is 0 Å². The summed E-state index contributed by atoms with van der Waals surface area (Å²) >= 11 is 2.84. The third-order valence-electron chi connectivity index (χ3n) is 2.57. The van der Waals surface area contributed by atoms with Gasteiger partial charge in [0.05, 0.1) is 18.2 Å². The third-order valence-corrected chi connectivity index (χ3v) is 3.26.